The zero-order valence-electron chi connectivity index (χ0n) is 14.1. The van der Waals surface area contributed by atoms with E-state index < -0.39 is 18.9 Å². The van der Waals surface area contributed by atoms with E-state index in [4.69, 9.17) is 4.74 Å². The minimum Gasteiger partial charge on any atom is -0.378 e. The van der Waals surface area contributed by atoms with Crippen molar-refractivity contribution in [1.82, 2.24) is 14.7 Å². The monoisotopic (exact) mass is 384 g/mol. The number of nitrogens with zero attached hydrogens (tertiary/aromatic N) is 4. The normalized spacial score (nSPS) is 27.2. The molecule has 3 aliphatic rings. The Balaban J connectivity index is 1.37. The number of halogens is 4. The minimum absolute atomic E-state index is 0.367. The van der Waals surface area contributed by atoms with Crippen molar-refractivity contribution in [1.29, 1.82) is 0 Å². The summed E-state index contributed by atoms with van der Waals surface area (Å²) in [4.78, 5) is 10.5. The number of hydrogen-bond donors (Lipinski definition) is 0. The molecule has 2 saturated heterocycles. The molecule has 0 aromatic heterocycles. The number of rotatable bonds is 5. The lowest BCUT2D eigenvalue weighted by molar-refractivity contribution is -0.144. The largest absolute Gasteiger partial charge is 0.378 e. The van der Waals surface area contributed by atoms with Crippen molar-refractivity contribution in [2.75, 3.05) is 72.1 Å². The second-order valence-corrected chi connectivity index (χ2v) is 7.87. The molecule has 1 atom stereocenters. The van der Waals surface area contributed by atoms with Gasteiger partial charge in [0.1, 0.15) is 0 Å². The fourth-order valence-electron chi connectivity index (χ4n) is 3.21. The standard InChI is InChI=1S/C15H24F4N4OS/c16-13(17)15(18,19)11-22-3-1-21(2-4-22)10-12-9-20-14(25-12)23-5-7-24-8-6-23/h12-13H,1-11H2. The Bertz CT molecular complexity index is 468. The van der Waals surface area contributed by atoms with Crippen LogP contribution in [0.15, 0.2) is 4.99 Å². The summed E-state index contributed by atoms with van der Waals surface area (Å²) in [5, 5.41) is 1.44. The van der Waals surface area contributed by atoms with E-state index in [2.05, 4.69) is 14.8 Å². The molecule has 0 bridgehead atoms. The second kappa shape index (κ2) is 8.41. The van der Waals surface area contributed by atoms with Gasteiger partial charge in [0, 0.05) is 51.1 Å². The Labute approximate surface area is 149 Å². The molecule has 2 fully saturated rings. The van der Waals surface area contributed by atoms with Crippen LogP contribution in [0.25, 0.3) is 0 Å². The topological polar surface area (TPSA) is 31.3 Å². The number of morpholine rings is 1. The van der Waals surface area contributed by atoms with Gasteiger partial charge in [-0.15, -0.1) is 0 Å². The van der Waals surface area contributed by atoms with Gasteiger partial charge in [-0.3, -0.25) is 14.8 Å². The number of ether oxygens (including phenoxy) is 1. The molecule has 0 radical (unpaired) electrons. The zero-order valence-corrected chi connectivity index (χ0v) is 14.9. The number of thioether (sulfide) groups is 1. The summed E-state index contributed by atoms with van der Waals surface area (Å²) < 4.78 is 56.2. The fourth-order valence-corrected chi connectivity index (χ4v) is 4.43. The average Bonchev–Trinajstić information content (AvgIpc) is 3.06. The van der Waals surface area contributed by atoms with Crippen LogP contribution in [-0.2, 0) is 4.74 Å². The third-order valence-electron chi connectivity index (χ3n) is 4.66. The third-order valence-corrected chi connectivity index (χ3v) is 5.89. The van der Waals surface area contributed by atoms with Gasteiger partial charge in [-0.05, 0) is 0 Å². The maximum Gasteiger partial charge on any atom is 0.319 e. The first-order valence-electron chi connectivity index (χ1n) is 8.58. The quantitative estimate of drug-likeness (QED) is 0.668. The number of alkyl halides is 4. The van der Waals surface area contributed by atoms with Crippen molar-refractivity contribution in [3.63, 3.8) is 0 Å². The van der Waals surface area contributed by atoms with E-state index in [9.17, 15) is 17.6 Å². The summed E-state index contributed by atoms with van der Waals surface area (Å²) in [6, 6.07) is 0. The van der Waals surface area contributed by atoms with Crippen LogP contribution >= 0.6 is 11.8 Å². The van der Waals surface area contributed by atoms with Crippen LogP contribution in [0.5, 0.6) is 0 Å². The second-order valence-electron chi connectivity index (χ2n) is 6.60. The van der Waals surface area contributed by atoms with E-state index >= 15 is 0 Å². The van der Waals surface area contributed by atoms with Gasteiger partial charge in [-0.2, -0.15) is 8.78 Å². The average molecular weight is 384 g/mol. The van der Waals surface area contributed by atoms with Crippen molar-refractivity contribution < 1.29 is 22.3 Å². The molecule has 0 aromatic carbocycles. The molecule has 0 spiro atoms. The highest BCUT2D eigenvalue weighted by Gasteiger charge is 2.42. The van der Waals surface area contributed by atoms with Gasteiger partial charge in [-0.1, -0.05) is 11.8 Å². The van der Waals surface area contributed by atoms with Crippen LogP contribution in [-0.4, -0.2) is 110 Å². The van der Waals surface area contributed by atoms with Crippen LogP contribution < -0.4 is 0 Å². The summed E-state index contributed by atoms with van der Waals surface area (Å²) >= 11 is 1.77. The number of amidine groups is 1. The molecule has 0 amide bonds. The molecule has 3 rings (SSSR count). The number of hydrogen-bond acceptors (Lipinski definition) is 6. The lowest BCUT2D eigenvalue weighted by Gasteiger charge is -2.37. The van der Waals surface area contributed by atoms with Crippen molar-refractivity contribution in [3.05, 3.63) is 0 Å². The number of aliphatic imine (C=N–C) groups is 1. The first-order chi connectivity index (χ1) is 11.9. The van der Waals surface area contributed by atoms with Crippen molar-refractivity contribution in [2.24, 2.45) is 4.99 Å². The van der Waals surface area contributed by atoms with E-state index in [0.29, 0.717) is 31.4 Å². The highest BCUT2D eigenvalue weighted by atomic mass is 32.2. The van der Waals surface area contributed by atoms with Crippen LogP contribution in [0, 0.1) is 0 Å². The Morgan fingerprint density at radius 1 is 1.08 bits per heavy atom. The fraction of sp³-hybridized carbons (Fsp3) is 0.933. The maximum absolute atomic E-state index is 13.1. The lowest BCUT2D eigenvalue weighted by Crippen LogP contribution is -2.52. The van der Waals surface area contributed by atoms with Crippen molar-refractivity contribution >= 4 is 16.9 Å². The predicted molar refractivity (Wildman–Crippen MR) is 89.9 cm³/mol. The van der Waals surface area contributed by atoms with E-state index in [1.165, 1.54) is 4.90 Å². The van der Waals surface area contributed by atoms with E-state index in [-0.39, 0.29) is 0 Å². The van der Waals surface area contributed by atoms with Gasteiger partial charge in [0.2, 0.25) is 0 Å². The van der Waals surface area contributed by atoms with Crippen LogP contribution in [0.2, 0.25) is 0 Å². The van der Waals surface area contributed by atoms with Gasteiger partial charge in [0.25, 0.3) is 0 Å². The zero-order chi connectivity index (χ0) is 17.9. The molecule has 0 N–H and O–H groups in total. The van der Waals surface area contributed by atoms with E-state index in [1.807, 2.05) is 0 Å². The predicted octanol–water partition coefficient (Wildman–Crippen LogP) is 1.31. The number of piperazine rings is 1. The smallest absolute Gasteiger partial charge is 0.319 e. The summed E-state index contributed by atoms with van der Waals surface area (Å²) in [6.07, 6.45) is -3.60. The van der Waals surface area contributed by atoms with E-state index in [0.717, 1.165) is 44.6 Å². The molecular weight excluding hydrogens is 360 g/mol. The summed E-state index contributed by atoms with van der Waals surface area (Å²) in [5.41, 5.74) is 0. The van der Waals surface area contributed by atoms with Gasteiger partial charge < -0.3 is 9.64 Å². The molecule has 1 unspecified atom stereocenters. The van der Waals surface area contributed by atoms with Crippen molar-refractivity contribution in [3.8, 4) is 0 Å². The highest BCUT2D eigenvalue weighted by Crippen LogP contribution is 2.26. The third kappa shape index (κ3) is 5.21. The minimum atomic E-state index is -3.93. The summed E-state index contributed by atoms with van der Waals surface area (Å²) in [7, 11) is 0. The summed E-state index contributed by atoms with van der Waals surface area (Å²) in [6.45, 7) is 6.01. The molecule has 25 heavy (non-hydrogen) atoms. The van der Waals surface area contributed by atoms with Crippen LogP contribution in [0.1, 0.15) is 0 Å². The molecule has 0 saturated carbocycles. The van der Waals surface area contributed by atoms with Gasteiger partial charge >= 0.3 is 12.3 Å². The van der Waals surface area contributed by atoms with Crippen LogP contribution in [0.4, 0.5) is 17.6 Å². The molecule has 5 nitrogen and oxygen atoms in total. The summed E-state index contributed by atoms with van der Waals surface area (Å²) in [5.74, 6) is -3.93. The Morgan fingerprint density at radius 3 is 2.36 bits per heavy atom. The van der Waals surface area contributed by atoms with E-state index in [1.54, 1.807) is 11.8 Å². The molecule has 0 aromatic rings. The molecule has 10 heteroatoms. The van der Waals surface area contributed by atoms with Gasteiger partial charge in [-0.25, -0.2) is 8.78 Å². The first kappa shape index (κ1) is 19.2. The highest BCUT2D eigenvalue weighted by molar-refractivity contribution is 8.14. The Kier molecular flexibility index (Phi) is 6.45. The van der Waals surface area contributed by atoms with Crippen molar-refractivity contribution in [2.45, 2.75) is 17.6 Å². The molecule has 3 aliphatic heterocycles. The molecular formula is C15H24F4N4OS. The SMILES string of the molecule is FC(F)C(F)(F)CN1CCN(CC2CN=C(N3CCOCC3)S2)CC1. The molecule has 3 heterocycles. The Hall–Kier alpha value is -0.580. The molecule has 144 valence electrons. The maximum atomic E-state index is 13.1. The Morgan fingerprint density at radius 2 is 1.72 bits per heavy atom. The van der Waals surface area contributed by atoms with Crippen LogP contribution in [0.3, 0.4) is 0 Å². The van der Waals surface area contributed by atoms with Gasteiger partial charge in [0.05, 0.1) is 26.3 Å². The lowest BCUT2D eigenvalue weighted by atomic mass is 10.2. The first-order valence-corrected chi connectivity index (χ1v) is 9.46. The molecule has 0 aliphatic carbocycles. The van der Waals surface area contributed by atoms with Gasteiger partial charge in [0.15, 0.2) is 5.17 Å².